The monoisotopic (exact) mass is 339 g/mol. The van der Waals surface area contributed by atoms with Crippen molar-refractivity contribution in [2.24, 2.45) is 17.1 Å². The van der Waals surface area contributed by atoms with Gasteiger partial charge < -0.3 is 5.73 Å². The Morgan fingerprint density at radius 3 is 2.43 bits per heavy atom. The zero-order valence-electron chi connectivity index (χ0n) is 13.5. The third-order valence-electron chi connectivity index (χ3n) is 5.55. The number of primary amides is 1. The van der Waals surface area contributed by atoms with E-state index in [2.05, 4.69) is 9.62 Å². The van der Waals surface area contributed by atoms with E-state index in [0.717, 1.165) is 25.9 Å². The molecular weight excluding hydrogens is 314 g/mol. The van der Waals surface area contributed by atoms with Crippen LogP contribution in [-0.2, 0) is 14.8 Å². The summed E-state index contributed by atoms with van der Waals surface area (Å²) in [5.41, 5.74) is 4.98. The van der Waals surface area contributed by atoms with Crippen LogP contribution in [0.25, 0.3) is 0 Å². The number of rotatable bonds is 5. The summed E-state index contributed by atoms with van der Waals surface area (Å²) in [4.78, 5) is 14.1. The molecule has 1 heterocycles. The standard InChI is InChI=1S/C16H25N3O3S/c1-2-23(21,22)18-16(6-4-3-5-13(16)14(17)20)19-11-9-15(7-8-15)10-12-19/h3-6,13,18H,2,7-12H2,1H3,(H2,17,20). The second kappa shape index (κ2) is 5.72. The van der Waals surface area contributed by atoms with Crippen LogP contribution < -0.4 is 10.5 Å². The predicted octanol–water partition coefficient (Wildman–Crippen LogP) is 0.726. The summed E-state index contributed by atoms with van der Waals surface area (Å²) in [6.07, 6.45) is 11.6. The average Bonchev–Trinajstić information content (AvgIpc) is 3.27. The highest BCUT2D eigenvalue weighted by atomic mass is 32.2. The van der Waals surface area contributed by atoms with Gasteiger partial charge in [-0.15, -0.1) is 0 Å². The summed E-state index contributed by atoms with van der Waals surface area (Å²) < 4.78 is 27.3. The molecule has 2 fully saturated rings. The van der Waals surface area contributed by atoms with Gasteiger partial charge in [0, 0.05) is 13.1 Å². The molecule has 1 amide bonds. The van der Waals surface area contributed by atoms with Crippen LogP contribution in [0.15, 0.2) is 24.3 Å². The Hall–Kier alpha value is -1.18. The summed E-state index contributed by atoms with van der Waals surface area (Å²) in [6.45, 7) is 3.13. The maximum Gasteiger partial charge on any atom is 0.228 e. The van der Waals surface area contributed by atoms with E-state index in [1.807, 2.05) is 0 Å². The summed E-state index contributed by atoms with van der Waals surface area (Å²) in [5.74, 6) is -1.26. The minimum absolute atomic E-state index is 0.0322. The van der Waals surface area contributed by atoms with Crippen molar-refractivity contribution in [3.8, 4) is 0 Å². The van der Waals surface area contributed by atoms with Crippen LogP contribution in [0.4, 0.5) is 0 Å². The molecular formula is C16H25N3O3S. The van der Waals surface area contributed by atoms with Gasteiger partial charge in [-0.1, -0.05) is 18.2 Å². The van der Waals surface area contributed by atoms with Crippen molar-refractivity contribution in [3.05, 3.63) is 24.3 Å². The minimum atomic E-state index is -3.49. The molecule has 2 aliphatic carbocycles. The number of allylic oxidation sites excluding steroid dienone is 2. The predicted molar refractivity (Wildman–Crippen MR) is 88.8 cm³/mol. The van der Waals surface area contributed by atoms with Gasteiger partial charge in [0.2, 0.25) is 15.9 Å². The highest BCUT2D eigenvalue weighted by molar-refractivity contribution is 7.89. The van der Waals surface area contributed by atoms with E-state index in [4.69, 9.17) is 5.73 Å². The molecule has 0 aromatic heterocycles. The first-order chi connectivity index (χ1) is 10.8. The van der Waals surface area contributed by atoms with Gasteiger partial charge in [-0.3, -0.25) is 9.69 Å². The van der Waals surface area contributed by atoms with Crippen molar-refractivity contribution in [2.75, 3.05) is 18.8 Å². The number of amides is 1. The van der Waals surface area contributed by atoms with E-state index in [9.17, 15) is 13.2 Å². The fraction of sp³-hybridized carbons (Fsp3) is 0.688. The molecule has 2 unspecified atom stereocenters. The van der Waals surface area contributed by atoms with E-state index >= 15 is 0 Å². The maximum atomic E-state index is 12.3. The molecule has 3 N–H and O–H groups in total. The lowest BCUT2D eigenvalue weighted by molar-refractivity contribution is -0.124. The first kappa shape index (κ1) is 16.7. The van der Waals surface area contributed by atoms with Crippen molar-refractivity contribution in [2.45, 2.75) is 38.3 Å². The summed E-state index contributed by atoms with van der Waals surface area (Å²) in [6, 6.07) is 0. The fourth-order valence-electron chi connectivity index (χ4n) is 3.75. The lowest BCUT2D eigenvalue weighted by Crippen LogP contribution is -2.67. The third-order valence-corrected chi connectivity index (χ3v) is 6.95. The third kappa shape index (κ3) is 3.09. The molecule has 1 saturated carbocycles. The van der Waals surface area contributed by atoms with Gasteiger partial charge in [0.1, 0.15) is 5.66 Å². The number of likely N-dealkylation sites (tertiary alicyclic amines) is 1. The maximum absolute atomic E-state index is 12.3. The number of nitrogens with one attached hydrogen (secondary N) is 1. The summed E-state index contributed by atoms with van der Waals surface area (Å²) in [5, 5.41) is 0. The Morgan fingerprint density at radius 2 is 1.91 bits per heavy atom. The zero-order valence-corrected chi connectivity index (χ0v) is 14.3. The van der Waals surface area contributed by atoms with Gasteiger partial charge in [0.05, 0.1) is 11.7 Å². The Kier molecular flexibility index (Phi) is 4.14. The molecule has 0 aromatic carbocycles. The van der Waals surface area contributed by atoms with Gasteiger partial charge in [-0.2, -0.15) is 4.72 Å². The van der Waals surface area contributed by atoms with Gasteiger partial charge in [-0.25, -0.2) is 8.42 Å². The normalized spacial score (nSPS) is 33.0. The first-order valence-electron chi connectivity index (χ1n) is 8.25. The number of hydrogen-bond acceptors (Lipinski definition) is 4. The molecule has 128 valence electrons. The smallest absolute Gasteiger partial charge is 0.228 e. The Morgan fingerprint density at radius 1 is 1.26 bits per heavy atom. The largest absolute Gasteiger partial charge is 0.369 e. The van der Waals surface area contributed by atoms with Crippen LogP contribution in [-0.4, -0.2) is 43.7 Å². The number of piperidine rings is 1. The van der Waals surface area contributed by atoms with Crippen molar-refractivity contribution in [1.29, 1.82) is 0 Å². The number of hydrogen-bond donors (Lipinski definition) is 2. The van der Waals surface area contributed by atoms with E-state index in [1.165, 1.54) is 12.8 Å². The highest BCUT2D eigenvalue weighted by Gasteiger charge is 2.52. The molecule has 1 spiro atoms. The quantitative estimate of drug-likeness (QED) is 0.772. The molecule has 0 bridgehead atoms. The van der Waals surface area contributed by atoms with E-state index < -0.39 is 27.5 Å². The lowest BCUT2D eigenvalue weighted by atomic mass is 9.83. The lowest BCUT2D eigenvalue weighted by Gasteiger charge is -2.49. The van der Waals surface area contributed by atoms with Gasteiger partial charge in [-0.05, 0) is 44.1 Å². The van der Waals surface area contributed by atoms with Crippen LogP contribution in [0, 0.1) is 11.3 Å². The molecule has 6 nitrogen and oxygen atoms in total. The van der Waals surface area contributed by atoms with Crippen LogP contribution in [0.1, 0.15) is 32.6 Å². The van der Waals surface area contributed by atoms with Crippen LogP contribution in [0.3, 0.4) is 0 Å². The Bertz CT molecular complexity index is 641. The van der Waals surface area contributed by atoms with E-state index in [1.54, 1.807) is 31.2 Å². The van der Waals surface area contributed by atoms with Gasteiger partial charge in [0.25, 0.3) is 0 Å². The van der Waals surface area contributed by atoms with E-state index in [-0.39, 0.29) is 5.75 Å². The van der Waals surface area contributed by atoms with Crippen molar-refractivity contribution in [1.82, 2.24) is 9.62 Å². The SMILES string of the molecule is CCS(=O)(=O)NC1(N2CCC3(CC2)CC3)C=CC=CC1C(N)=O. The Balaban J connectivity index is 1.94. The molecule has 23 heavy (non-hydrogen) atoms. The molecule has 0 radical (unpaired) electrons. The number of sulfonamides is 1. The molecule has 3 aliphatic rings. The Labute approximate surface area is 137 Å². The van der Waals surface area contributed by atoms with Crippen LogP contribution >= 0.6 is 0 Å². The van der Waals surface area contributed by atoms with Gasteiger partial charge in [0.15, 0.2) is 0 Å². The van der Waals surface area contributed by atoms with E-state index in [0.29, 0.717) is 5.41 Å². The highest BCUT2D eigenvalue weighted by Crippen LogP contribution is 2.54. The van der Waals surface area contributed by atoms with Crippen LogP contribution in [0.2, 0.25) is 0 Å². The summed E-state index contributed by atoms with van der Waals surface area (Å²) in [7, 11) is -3.49. The molecule has 1 saturated heterocycles. The topological polar surface area (TPSA) is 92.5 Å². The number of nitrogens with zero attached hydrogens (tertiary/aromatic N) is 1. The minimum Gasteiger partial charge on any atom is -0.369 e. The summed E-state index contributed by atoms with van der Waals surface area (Å²) >= 11 is 0. The zero-order chi connectivity index (χ0) is 16.7. The molecule has 2 atom stereocenters. The second-order valence-corrected chi connectivity index (χ2v) is 8.95. The van der Waals surface area contributed by atoms with Crippen molar-refractivity contribution in [3.63, 3.8) is 0 Å². The van der Waals surface area contributed by atoms with Crippen molar-refractivity contribution >= 4 is 15.9 Å². The fourth-order valence-corrected chi connectivity index (χ4v) is 4.72. The number of carbonyl (C=O) groups is 1. The molecule has 7 heteroatoms. The molecule has 1 aliphatic heterocycles. The van der Waals surface area contributed by atoms with Crippen molar-refractivity contribution < 1.29 is 13.2 Å². The average molecular weight is 339 g/mol. The molecule has 3 rings (SSSR count). The first-order valence-corrected chi connectivity index (χ1v) is 9.90. The second-order valence-electron chi connectivity index (χ2n) is 6.94. The number of nitrogens with two attached hydrogens (primary N) is 1. The van der Waals surface area contributed by atoms with Crippen LogP contribution in [0.5, 0.6) is 0 Å². The van der Waals surface area contributed by atoms with Gasteiger partial charge >= 0.3 is 0 Å². The number of carbonyl (C=O) groups excluding carboxylic acids is 1. The molecule has 0 aromatic rings.